The number of ether oxygens (including phenoxy) is 2. The summed E-state index contributed by atoms with van der Waals surface area (Å²) in [5.74, 6) is 1.65. The van der Waals surface area contributed by atoms with Gasteiger partial charge in [0.1, 0.15) is 11.4 Å². The van der Waals surface area contributed by atoms with Crippen molar-refractivity contribution in [1.29, 1.82) is 0 Å². The third-order valence-electron chi connectivity index (χ3n) is 7.46. The third-order valence-corrected chi connectivity index (χ3v) is 7.46. The second-order valence-corrected chi connectivity index (χ2v) is 12.1. The number of benzene rings is 2. The van der Waals surface area contributed by atoms with Crippen molar-refractivity contribution >= 4 is 22.8 Å². The van der Waals surface area contributed by atoms with E-state index in [4.69, 9.17) is 14.5 Å². The van der Waals surface area contributed by atoms with Crippen molar-refractivity contribution in [3.63, 3.8) is 0 Å². The highest BCUT2D eigenvalue weighted by molar-refractivity contribution is 5.95. The van der Waals surface area contributed by atoms with Gasteiger partial charge >= 0.3 is 6.09 Å². The highest BCUT2D eigenvalue weighted by Gasteiger charge is 2.28. The fraction of sp³-hybridized carbons (Fsp3) is 0.324. The summed E-state index contributed by atoms with van der Waals surface area (Å²) in [7, 11) is 0. The van der Waals surface area contributed by atoms with Crippen LogP contribution in [0.3, 0.4) is 0 Å². The lowest BCUT2D eigenvalue weighted by molar-refractivity contribution is 0.0206. The molecule has 0 bridgehead atoms. The molecule has 1 amide bonds. The SMILES string of the molecule is Cc1ccn(-c2cccc3c(Oc4ncccc4-c4ccnc(N[C@H]5CCCN(C(=O)OC(C)(C)C)C5)n4)c(C)ccc23)n1. The van der Waals surface area contributed by atoms with Crippen molar-refractivity contribution in [3.05, 3.63) is 84.4 Å². The van der Waals surface area contributed by atoms with Crippen molar-refractivity contribution in [3.8, 4) is 28.6 Å². The lowest BCUT2D eigenvalue weighted by Crippen LogP contribution is -2.47. The van der Waals surface area contributed by atoms with Gasteiger partial charge in [0.25, 0.3) is 0 Å². The average Bonchev–Trinajstić information content (AvgIpc) is 3.44. The van der Waals surface area contributed by atoms with Crippen molar-refractivity contribution in [1.82, 2.24) is 29.6 Å². The molecule has 6 rings (SSSR count). The van der Waals surface area contributed by atoms with Crippen LogP contribution in [0.15, 0.2) is 73.2 Å². The van der Waals surface area contributed by atoms with E-state index in [-0.39, 0.29) is 12.1 Å². The number of amides is 1. The van der Waals surface area contributed by atoms with Crippen LogP contribution >= 0.6 is 0 Å². The quantitative estimate of drug-likeness (QED) is 0.223. The average molecular weight is 592 g/mol. The molecule has 5 aromatic rings. The zero-order valence-corrected chi connectivity index (χ0v) is 25.7. The van der Waals surface area contributed by atoms with E-state index in [1.54, 1.807) is 17.3 Å². The molecule has 1 aliphatic rings. The van der Waals surface area contributed by atoms with Crippen LogP contribution in [0.2, 0.25) is 0 Å². The molecular formula is C34H37N7O3. The molecule has 1 saturated heterocycles. The van der Waals surface area contributed by atoms with Crippen LogP contribution in [0.25, 0.3) is 27.7 Å². The molecule has 0 radical (unpaired) electrons. The maximum atomic E-state index is 12.7. The van der Waals surface area contributed by atoms with Crippen LogP contribution in [-0.2, 0) is 4.74 Å². The number of piperidine rings is 1. The van der Waals surface area contributed by atoms with Gasteiger partial charge in [-0.1, -0.05) is 24.3 Å². The number of rotatable bonds is 6. The zero-order valence-electron chi connectivity index (χ0n) is 25.7. The summed E-state index contributed by atoms with van der Waals surface area (Å²) >= 11 is 0. The second kappa shape index (κ2) is 11.9. The van der Waals surface area contributed by atoms with E-state index in [0.29, 0.717) is 30.6 Å². The Bertz CT molecular complexity index is 1810. The molecule has 0 saturated carbocycles. The molecule has 1 N–H and O–H groups in total. The lowest BCUT2D eigenvalue weighted by atomic mass is 10.0. The highest BCUT2D eigenvalue weighted by atomic mass is 16.6. The van der Waals surface area contributed by atoms with Gasteiger partial charge in [-0.05, 0) is 83.4 Å². The normalized spacial score (nSPS) is 15.3. The first-order valence-corrected chi connectivity index (χ1v) is 14.9. The maximum Gasteiger partial charge on any atom is 0.410 e. The van der Waals surface area contributed by atoms with E-state index in [1.807, 2.05) is 75.8 Å². The van der Waals surface area contributed by atoms with Gasteiger partial charge in [-0.15, -0.1) is 0 Å². The summed E-state index contributed by atoms with van der Waals surface area (Å²) in [6, 6.07) is 17.9. The number of carbonyl (C=O) groups excluding carboxylic acids is 1. The standard InChI is InChI=1S/C34H37N7O3/c1-22-13-14-25-26(10-6-12-29(25)41-20-16-23(2)39-41)30(22)43-31-27(11-7-17-35-31)28-15-18-36-32(38-28)37-24-9-8-19-40(21-24)33(42)44-34(3,4)5/h6-7,10-18,20,24H,8-9,19,21H2,1-5H3,(H,36,37,38)/t24-/m0/s1. The van der Waals surface area contributed by atoms with Crippen molar-refractivity contribution in [2.45, 2.75) is 59.1 Å². The zero-order chi connectivity index (χ0) is 30.8. The van der Waals surface area contributed by atoms with Gasteiger partial charge in [0.2, 0.25) is 11.8 Å². The molecule has 2 aromatic carbocycles. The van der Waals surface area contributed by atoms with Gasteiger partial charge in [0, 0.05) is 48.5 Å². The van der Waals surface area contributed by atoms with Crippen LogP contribution in [0.5, 0.6) is 11.6 Å². The molecule has 3 aromatic heterocycles. The number of anilines is 1. The monoisotopic (exact) mass is 591 g/mol. The van der Waals surface area contributed by atoms with Gasteiger partial charge in [-0.2, -0.15) is 5.10 Å². The molecule has 1 fully saturated rings. The number of hydrogen-bond donors (Lipinski definition) is 1. The van der Waals surface area contributed by atoms with Crippen LogP contribution in [0.4, 0.5) is 10.7 Å². The molecule has 1 atom stereocenters. The Kier molecular flexibility index (Phi) is 7.90. The van der Waals surface area contributed by atoms with Crippen LogP contribution in [-0.4, -0.2) is 60.5 Å². The largest absolute Gasteiger partial charge is 0.444 e. The number of pyridine rings is 1. The smallest absolute Gasteiger partial charge is 0.410 e. The molecule has 10 nitrogen and oxygen atoms in total. The van der Waals surface area contributed by atoms with Crippen molar-refractivity contribution in [2.24, 2.45) is 0 Å². The molecule has 0 unspecified atom stereocenters. The minimum absolute atomic E-state index is 0.00207. The Hall–Kier alpha value is -4.99. The molecule has 4 heterocycles. The molecule has 0 spiro atoms. The Morgan fingerprint density at radius 2 is 1.84 bits per heavy atom. The number of aryl methyl sites for hydroxylation is 2. The van der Waals surface area contributed by atoms with Crippen LogP contribution in [0, 0.1) is 13.8 Å². The van der Waals surface area contributed by atoms with Crippen molar-refractivity contribution in [2.75, 3.05) is 18.4 Å². The molecule has 10 heteroatoms. The maximum absolute atomic E-state index is 12.7. The summed E-state index contributed by atoms with van der Waals surface area (Å²) in [6.07, 6.45) is 6.86. The molecular weight excluding hydrogens is 554 g/mol. The lowest BCUT2D eigenvalue weighted by Gasteiger charge is -2.34. The topological polar surface area (TPSA) is 107 Å². The number of aromatic nitrogens is 5. The van der Waals surface area contributed by atoms with Gasteiger partial charge in [0.15, 0.2) is 0 Å². The summed E-state index contributed by atoms with van der Waals surface area (Å²) in [5.41, 5.74) is 3.79. The minimum atomic E-state index is -0.538. The van der Waals surface area contributed by atoms with Gasteiger partial charge in [-0.25, -0.2) is 24.4 Å². The predicted molar refractivity (Wildman–Crippen MR) is 170 cm³/mol. The Labute approximate surface area is 257 Å². The van der Waals surface area contributed by atoms with E-state index in [9.17, 15) is 4.79 Å². The summed E-state index contributed by atoms with van der Waals surface area (Å²) in [6.45, 7) is 10.8. The minimum Gasteiger partial charge on any atom is -0.444 e. The van der Waals surface area contributed by atoms with E-state index >= 15 is 0 Å². The van der Waals surface area contributed by atoms with Gasteiger partial charge in [-0.3, -0.25) is 0 Å². The first-order valence-electron chi connectivity index (χ1n) is 14.9. The van der Waals surface area contributed by atoms with E-state index in [0.717, 1.165) is 51.9 Å². The van der Waals surface area contributed by atoms with Gasteiger partial charge < -0.3 is 19.7 Å². The second-order valence-electron chi connectivity index (χ2n) is 12.1. The molecule has 1 aliphatic heterocycles. The molecule has 0 aliphatic carbocycles. The Morgan fingerprint density at radius 3 is 2.64 bits per heavy atom. The summed E-state index contributed by atoms with van der Waals surface area (Å²) in [5, 5.41) is 10.0. The predicted octanol–water partition coefficient (Wildman–Crippen LogP) is 7.10. The highest BCUT2D eigenvalue weighted by Crippen LogP contribution is 2.38. The van der Waals surface area contributed by atoms with Crippen molar-refractivity contribution < 1.29 is 14.3 Å². The Balaban J connectivity index is 1.26. The van der Waals surface area contributed by atoms with E-state index < -0.39 is 5.60 Å². The number of carbonyl (C=O) groups is 1. The number of nitrogens with one attached hydrogen (secondary N) is 1. The third kappa shape index (κ3) is 6.34. The van der Waals surface area contributed by atoms with E-state index in [2.05, 4.69) is 44.6 Å². The van der Waals surface area contributed by atoms with E-state index in [1.165, 1.54) is 0 Å². The van der Waals surface area contributed by atoms with Crippen LogP contribution < -0.4 is 10.1 Å². The first-order chi connectivity index (χ1) is 21.1. The molecule has 44 heavy (non-hydrogen) atoms. The number of fused-ring (bicyclic) bond motifs is 1. The number of nitrogens with zero attached hydrogens (tertiary/aromatic N) is 6. The fourth-order valence-electron chi connectivity index (χ4n) is 5.42. The summed E-state index contributed by atoms with van der Waals surface area (Å²) in [4.78, 5) is 28.3. The van der Waals surface area contributed by atoms with Crippen LogP contribution in [0.1, 0.15) is 44.9 Å². The molecule has 226 valence electrons. The number of likely N-dealkylation sites (tertiary alicyclic amines) is 1. The fourth-order valence-corrected chi connectivity index (χ4v) is 5.42. The summed E-state index contributed by atoms with van der Waals surface area (Å²) < 4.78 is 14.1. The van der Waals surface area contributed by atoms with Gasteiger partial charge in [0.05, 0.1) is 22.6 Å². The first kappa shape index (κ1) is 29.1. The Morgan fingerprint density at radius 1 is 0.977 bits per heavy atom. The number of hydrogen-bond acceptors (Lipinski definition) is 8.